The van der Waals surface area contributed by atoms with Crippen LogP contribution in [0.25, 0.3) is 0 Å². The van der Waals surface area contributed by atoms with Crippen LogP contribution in [0.15, 0.2) is 36.5 Å². The van der Waals surface area contributed by atoms with E-state index >= 15 is 0 Å². The van der Waals surface area contributed by atoms with Crippen molar-refractivity contribution in [1.29, 1.82) is 0 Å². The quantitative estimate of drug-likeness (QED) is 0.0362. The first-order chi connectivity index (χ1) is 30.5. The minimum Gasteiger partial charge on any atom is -0.394 e. The van der Waals surface area contributed by atoms with Crippen LogP contribution in [0.2, 0.25) is 0 Å². The monoisotopic (exact) mass is 872 g/mol. The zero-order chi connectivity index (χ0) is 45.1. The molecular formula is C57H109NO4. The summed E-state index contributed by atoms with van der Waals surface area (Å²) in [5.74, 6) is -0.324. The molecule has 0 fully saturated rings. The van der Waals surface area contributed by atoms with Crippen LogP contribution < -0.4 is 5.32 Å². The number of rotatable bonds is 51. The lowest BCUT2D eigenvalue weighted by atomic mass is 10.0. The Labute approximate surface area is 387 Å². The summed E-state index contributed by atoms with van der Waals surface area (Å²) < 4.78 is 0. The second-order valence-electron chi connectivity index (χ2n) is 19.2. The number of aliphatic hydroxyl groups excluding tert-OH is 3. The van der Waals surface area contributed by atoms with Gasteiger partial charge < -0.3 is 20.6 Å². The van der Waals surface area contributed by atoms with Gasteiger partial charge in [0.1, 0.15) is 0 Å². The van der Waals surface area contributed by atoms with Gasteiger partial charge >= 0.3 is 0 Å². The van der Waals surface area contributed by atoms with Crippen LogP contribution in [0.3, 0.4) is 0 Å². The molecule has 5 nitrogen and oxygen atoms in total. The fraction of sp³-hybridized carbons (Fsp3) is 0.877. The van der Waals surface area contributed by atoms with E-state index in [-0.39, 0.29) is 18.9 Å². The molecule has 0 saturated heterocycles. The van der Waals surface area contributed by atoms with E-state index in [9.17, 15) is 20.1 Å². The molecule has 0 saturated carbocycles. The number of hydrogen-bond donors (Lipinski definition) is 4. The minimum absolute atomic E-state index is 0.00567. The summed E-state index contributed by atoms with van der Waals surface area (Å²) in [7, 11) is 0. The first-order valence-corrected chi connectivity index (χ1v) is 27.8. The molecule has 0 radical (unpaired) electrons. The molecule has 0 aromatic rings. The topological polar surface area (TPSA) is 89.8 Å². The van der Waals surface area contributed by atoms with Gasteiger partial charge in [-0.25, -0.2) is 0 Å². The molecule has 0 bridgehead atoms. The lowest BCUT2D eigenvalue weighted by molar-refractivity contribution is -0.124. The average Bonchev–Trinajstić information content (AvgIpc) is 3.27. The number of allylic oxidation sites excluding steroid dienone is 5. The number of aliphatic hydroxyl groups is 3. The first kappa shape index (κ1) is 60.6. The molecule has 0 aliphatic heterocycles. The van der Waals surface area contributed by atoms with Crippen LogP contribution in [-0.4, -0.2) is 46.1 Å². The van der Waals surface area contributed by atoms with Gasteiger partial charge in [0, 0.05) is 0 Å². The Morgan fingerprint density at radius 1 is 0.403 bits per heavy atom. The summed E-state index contributed by atoms with van der Waals surface area (Å²) in [4.78, 5) is 12.5. The molecule has 1 amide bonds. The van der Waals surface area contributed by atoms with Crippen molar-refractivity contribution < 1.29 is 20.1 Å². The molecule has 0 aromatic carbocycles. The summed E-state index contributed by atoms with van der Waals surface area (Å²) in [5, 5.41) is 33.4. The molecule has 0 heterocycles. The smallest absolute Gasteiger partial charge is 0.222 e. The Bertz CT molecular complexity index is 962. The highest BCUT2D eigenvalue weighted by molar-refractivity contribution is 5.76. The third kappa shape index (κ3) is 48.0. The maximum Gasteiger partial charge on any atom is 0.222 e. The van der Waals surface area contributed by atoms with Gasteiger partial charge in [-0.15, -0.1) is 0 Å². The van der Waals surface area contributed by atoms with E-state index in [1.54, 1.807) is 6.08 Å². The van der Waals surface area contributed by atoms with E-state index in [2.05, 4.69) is 43.5 Å². The molecule has 0 spiro atoms. The summed E-state index contributed by atoms with van der Waals surface area (Å²) in [6.45, 7) is 4.23. The van der Waals surface area contributed by atoms with Crippen molar-refractivity contribution in [3.63, 3.8) is 0 Å². The molecule has 366 valence electrons. The summed E-state index contributed by atoms with van der Waals surface area (Å²) >= 11 is 0. The molecule has 4 N–H and O–H groups in total. The molecule has 0 aliphatic rings. The lowest BCUT2D eigenvalue weighted by Crippen LogP contribution is -2.45. The number of hydrogen-bond acceptors (Lipinski definition) is 4. The highest BCUT2D eigenvalue weighted by atomic mass is 16.3. The van der Waals surface area contributed by atoms with Crippen LogP contribution in [0.4, 0.5) is 0 Å². The summed E-state index contributed by atoms with van der Waals surface area (Å²) in [6.07, 6.45) is 67.6. The third-order valence-corrected chi connectivity index (χ3v) is 12.9. The molecule has 0 aliphatic carbocycles. The van der Waals surface area contributed by atoms with Gasteiger partial charge in [0.2, 0.25) is 5.91 Å². The predicted octanol–water partition coefficient (Wildman–Crippen LogP) is 17.1. The van der Waals surface area contributed by atoms with E-state index in [4.69, 9.17) is 0 Å². The Kier molecular flexibility index (Phi) is 51.0. The SMILES string of the molecule is CCCCCCCCCCCCCCC/C=C/CC/C=C/CC/C=C/C(O)C(CO)NC(=O)CC(O)CCCCCCCCCCCCCCCCCCCCCCCCCC. The second kappa shape index (κ2) is 52.2. The van der Waals surface area contributed by atoms with Crippen molar-refractivity contribution in [2.24, 2.45) is 0 Å². The van der Waals surface area contributed by atoms with E-state index < -0.39 is 18.2 Å². The van der Waals surface area contributed by atoms with Crippen LogP contribution in [0.5, 0.6) is 0 Å². The van der Waals surface area contributed by atoms with Crippen LogP contribution >= 0.6 is 0 Å². The zero-order valence-corrected chi connectivity index (χ0v) is 41.8. The normalized spacial score (nSPS) is 13.6. The number of carbonyl (C=O) groups is 1. The highest BCUT2D eigenvalue weighted by Gasteiger charge is 2.20. The minimum atomic E-state index is -0.959. The number of nitrogens with one attached hydrogen (secondary N) is 1. The first-order valence-electron chi connectivity index (χ1n) is 27.8. The van der Waals surface area contributed by atoms with Crippen LogP contribution in [0.1, 0.15) is 296 Å². The fourth-order valence-electron chi connectivity index (χ4n) is 8.67. The van der Waals surface area contributed by atoms with Crippen LogP contribution in [0, 0.1) is 0 Å². The van der Waals surface area contributed by atoms with E-state index in [1.807, 2.05) is 6.08 Å². The number of carbonyl (C=O) groups excluding carboxylic acids is 1. The van der Waals surface area contributed by atoms with Gasteiger partial charge in [0.25, 0.3) is 0 Å². The van der Waals surface area contributed by atoms with Crippen molar-refractivity contribution in [2.45, 2.75) is 315 Å². The van der Waals surface area contributed by atoms with Gasteiger partial charge in [0.05, 0.1) is 31.3 Å². The maximum absolute atomic E-state index is 12.5. The molecule has 0 rings (SSSR count). The van der Waals surface area contributed by atoms with Crippen molar-refractivity contribution >= 4 is 5.91 Å². The Morgan fingerprint density at radius 2 is 0.694 bits per heavy atom. The summed E-state index contributed by atoms with van der Waals surface area (Å²) in [5.41, 5.74) is 0. The predicted molar refractivity (Wildman–Crippen MR) is 273 cm³/mol. The van der Waals surface area contributed by atoms with Crippen LogP contribution in [-0.2, 0) is 4.79 Å². The molecule has 3 atom stereocenters. The van der Waals surface area contributed by atoms with Crippen molar-refractivity contribution in [3.05, 3.63) is 36.5 Å². The van der Waals surface area contributed by atoms with Gasteiger partial charge in [0.15, 0.2) is 0 Å². The van der Waals surface area contributed by atoms with E-state index in [0.717, 1.165) is 38.5 Å². The zero-order valence-electron chi connectivity index (χ0n) is 41.8. The van der Waals surface area contributed by atoms with Crippen molar-refractivity contribution in [1.82, 2.24) is 5.32 Å². The average molecular weight is 873 g/mol. The Hall–Kier alpha value is -1.43. The fourth-order valence-corrected chi connectivity index (χ4v) is 8.67. The lowest BCUT2D eigenvalue weighted by Gasteiger charge is -2.21. The number of unbranched alkanes of at least 4 members (excludes halogenated alkanes) is 38. The largest absolute Gasteiger partial charge is 0.394 e. The van der Waals surface area contributed by atoms with E-state index in [0.29, 0.717) is 6.42 Å². The van der Waals surface area contributed by atoms with Gasteiger partial charge in [-0.3, -0.25) is 4.79 Å². The van der Waals surface area contributed by atoms with Gasteiger partial charge in [-0.1, -0.05) is 281 Å². The standard InChI is InChI=1S/C57H109NO4/c1-3-5-7-9-11-13-15-17-19-21-23-25-27-29-30-32-34-36-38-40-42-44-46-48-50-54(60)52-57(62)58-55(53-59)56(61)51-49-47-45-43-41-39-37-35-33-31-28-26-24-22-20-18-16-14-12-10-8-6-4-2/h33,35,41,43,49,51,54-56,59-61H,3-32,34,36-40,42,44-48,50,52-53H2,1-2H3,(H,58,62)/b35-33+,43-41+,51-49+. The molecule has 3 unspecified atom stereocenters. The van der Waals surface area contributed by atoms with E-state index in [1.165, 1.54) is 231 Å². The molecule has 5 heteroatoms. The highest BCUT2D eigenvalue weighted by Crippen LogP contribution is 2.17. The molecule has 0 aromatic heterocycles. The number of amides is 1. The van der Waals surface area contributed by atoms with Gasteiger partial charge in [-0.2, -0.15) is 0 Å². The molecular weight excluding hydrogens is 763 g/mol. The summed E-state index contributed by atoms with van der Waals surface area (Å²) in [6, 6.07) is -0.767. The van der Waals surface area contributed by atoms with Crippen molar-refractivity contribution in [3.8, 4) is 0 Å². The Morgan fingerprint density at radius 3 is 1.03 bits per heavy atom. The Balaban J connectivity index is 3.62. The molecule has 62 heavy (non-hydrogen) atoms. The maximum atomic E-state index is 12.5. The second-order valence-corrected chi connectivity index (χ2v) is 19.2. The van der Waals surface area contributed by atoms with Crippen molar-refractivity contribution in [2.75, 3.05) is 6.61 Å². The van der Waals surface area contributed by atoms with Gasteiger partial charge in [-0.05, 0) is 44.9 Å². The third-order valence-electron chi connectivity index (χ3n) is 12.9.